The third-order valence-electron chi connectivity index (χ3n) is 19.9. The maximum absolute atomic E-state index is 6.78. The molecule has 0 radical (unpaired) electrons. The van der Waals surface area contributed by atoms with Gasteiger partial charge in [-0.1, -0.05) is 231 Å². The van der Waals surface area contributed by atoms with Gasteiger partial charge in [0.1, 0.15) is 11.2 Å². The lowest BCUT2D eigenvalue weighted by atomic mass is 9.66. The first-order valence-corrected chi connectivity index (χ1v) is 31.7. The molecule has 0 fully saturated rings. The second-order valence-corrected chi connectivity index (χ2v) is 24.6. The summed E-state index contributed by atoms with van der Waals surface area (Å²) in [7, 11) is 0. The number of furan rings is 2. The average molecular weight is 1170 g/mol. The van der Waals surface area contributed by atoms with Crippen LogP contribution in [0, 0.1) is 0 Å². The summed E-state index contributed by atoms with van der Waals surface area (Å²) < 4.78 is 13.6. The largest absolute Gasteiger partial charge is 0.454 e. The molecule has 0 spiro atoms. The Balaban J connectivity index is 0.860. The second kappa shape index (κ2) is 20.3. The minimum absolute atomic E-state index is 0.717. The van der Waals surface area contributed by atoms with E-state index in [0.29, 0.717) is 0 Å². The number of hydrogen-bond acceptors (Lipinski definition) is 4. The third-order valence-corrected chi connectivity index (χ3v) is 19.9. The van der Waals surface area contributed by atoms with Gasteiger partial charge in [-0.3, -0.25) is 0 Å². The van der Waals surface area contributed by atoms with Crippen molar-refractivity contribution in [1.29, 1.82) is 0 Å². The lowest BCUT2D eigenvalue weighted by Gasteiger charge is -2.35. The van der Waals surface area contributed by atoms with Crippen molar-refractivity contribution in [3.63, 3.8) is 0 Å². The summed E-state index contributed by atoms with van der Waals surface area (Å²) in [5.74, 6) is 0. The Morgan fingerprint density at radius 2 is 0.533 bits per heavy atom. The molecule has 0 amide bonds. The Morgan fingerprint density at radius 3 is 0.913 bits per heavy atom. The summed E-state index contributed by atoms with van der Waals surface area (Å²) in [5.41, 5.74) is 23.0. The van der Waals surface area contributed by atoms with Crippen molar-refractivity contribution < 1.29 is 8.83 Å². The molecule has 0 atom stereocenters. The van der Waals surface area contributed by atoms with Gasteiger partial charge < -0.3 is 18.6 Å². The number of anilines is 6. The third kappa shape index (κ3) is 7.52. The second-order valence-electron chi connectivity index (χ2n) is 24.6. The standard InChI is InChI=1S/C88H56N2O2/c1-7-25-61(26-8-1)87(62-27-9-2-10-28-62)77-53-59-49-67(89(65-33-15-5-16-34-65)81-41-23-39-71-69-37-19-21-43-83(69)91-85(71)81)47-45-57(59)51-73(77)75-56-80-76(55-79(75)87)74-52-58-46-48-68(50-60(58)54-78(74)88(80,63-29-11-3-12-30-63)64-31-13-4-14-32-64)90(66-35-17-6-18-36-66)82-42-24-40-72-70-38-20-22-44-84(70)92-86(72)82/h1-56H. The maximum Gasteiger partial charge on any atom is 0.159 e. The van der Waals surface area contributed by atoms with E-state index in [1.165, 1.54) is 66.8 Å². The van der Waals surface area contributed by atoms with E-state index in [2.05, 4.69) is 337 Å². The molecule has 0 bridgehead atoms. The fourth-order valence-corrected chi connectivity index (χ4v) is 16.0. The van der Waals surface area contributed by atoms with E-state index in [9.17, 15) is 0 Å². The Hall–Kier alpha value is -12.0. The van der Waals surface area contributed by atoms with Crippen LogP contribution in [0.1, 0.15) is 44.5 Å². The monoisotopic (exact) mass is 1170 g/mol. The van der Waals surface area contributed by atoms with Crippen LogP contribution in [-0.2, 0) is 10.8 Å². The lowest BCUT2D eigenvalue weighted by Crippen LogP contribution is -2.30. The molecule has 2 aromatic heterocycles. The van der Waals surface area contributed by atoms with E-state index < -0.39 is 10.8 Å². The highest BCUT2D eigenvalue weighted by molar-refractivity contribution is 6.12. The lowest BCUT2D eigenvalue weighted by molar-refractivity contribution is 0.668. The number of hydrogen-bond donors (Lipinski definition) is 0. The molecule has 15 aromatic carbocycles. The molecule has 0 unspecified atom stereocenters. The van der Waals surface area contributed by atoms with E-state index >= 15 is 0 Å². The minimum Gasteiger partial charge on any atom is -0.454 e. The molecular formula is C88H56N2O2. The number of benzene rings is 15. The first-order valence-electron chi connectivity index (χ1n) is 31.7. The van der Waals surface area contributed by atoms with Crippen LogP contribution >= 0.6 is 0 Å². The average Bonchev–Trinajstić information content (AvgIpc) is 1.50. The van der Waals surface area contributed by atoms with Crippen molar-refractivity contribution in [2.45, 2.75) is 10.8 Å². The van der Waals surface area contributed by atoms with Crippen LogP contribution in [-0.4, -0.2) is 0 Å². The summed E-state index contributed by atoms with van der Waals surface area (Å²) in [6.07, 6.45) is 0. The van der Waals surface area contributed by atoms with Crippen LogP contribution < -0.4 is 9.80 Å². The first-order chi connectivity index (χ1) is 45.6. The SMILES string of the molecule is c1ccc(N(c2ccc3cc4c(cc3c2)C(c2ccccc2)(c2ccccc2)c2cc3c(cc2-4)C(c2ccccc2)(c2ccccc2)c2cc4cc(N(c5ccccc5)c5cccc6c5oc5ccccc56)ccc4cc2-3)c2cccc3c2oc2ccccc23)cc1. The van der Waals surface area contributed by atoms with Gasteiger partial charge in [0.15, 0.2) is 11.2 Å². The molecule has 2 aliphatic carbocycles. The highest BCUT2D eigenvalue weighted by Crippen LogP contribution is 2.64. The smallest absolute Gasteiger partial charge is 0.159 e. The zero-order valence-corrected chi connectivity index (χ0v) is 50.0. The van der Waals surface area contributed by atoms with Crippen molar-refractivity contribution in [2.75, 3.05) is 9.80 Å². The molecule has 0 aliphatic heterocycles. The van der Waals surface area contributed by atoms with Crippen LogP contribution in [0.3, 0.4) is 0 Å². The number of fused-ring (bicyclic) bond motifs is 14. The highest BCUT2D eigenvalue weighted by atomic mass is 16.3. The van der Waals surface area contributed by atoms with Crippen molar-refractivity contribution in [1.82, 2.24) is 0 Å². The van der Waals surface area contributed by atoms with E-state index in [4.69, 9.17) is 8.83 Å². The van der Waals surface area contributed by atoms with Gasteiger partial charge >= 0.3 is 0 Å². The zero-order chi connectivity index (χ0) is 60.5. The summed E-state index contributed by atoms with van der Waals surface area (Å²) in [4.78, 5) is 4.71. The van der Waals surface area contributed by atoms with Gasteiger partial charge in [0.2, 0.25) is 0 Å². The molecule has 4 nitrogen and oxygen atoms in total. The topological polar surface area (TPSA) is 32.8 Å². The van der Waals surface area contributed by atoms with Gasteiger partial charge in [-0.15, -0.1) is 0 Å². The van der Waals surface area contributed by atoms with Crippen LogP contribution in [0.2, 0.25) is 0 Å². The van der Waals surface area contributed by atoms with Gasteiger partial charge in [-0.05, 0) is 198 Å². The van der Waals surface area contributed by atoms with E-state index in [1.54, 1.807) is 0 Å². The van der Waals surface area contributed by atoms with Crippen LogP contribution in [0.15, 0.2) is 349 Å². The first kappa shape index (κ1) is 52.0. The van der Waals surface area contributed by atoms with Gasteiger partial charge in [0.05, 0.1) is 22.2 Å². The molecule has 17 aromatic rings. The Bertz CT molecular complexity index is 5320. The molecule has 92 heavy (non-hydrogen) atoms. The summed E-state index contributed by atoms with van der Waals surface area (Å²) >= 11 is 0. The van der Waals surface area contributed by atoms with Crippen molar-refractivity contribution in [3.05, 3.63) is 384 Å². The van der Waals surface area contributed by atoms with Crippen LogP contribution in [0.25, 0.3) is 87.7 Å². The molecule has 2 aliphatic rings. The minimum atomic E-state index is -0.717. The molecule has 0 saturated carbocycles. The van der Waals surface area contributed by atoms with Gasteiger partial charge in [0, 0.05) is 44.3 Å². The summed E-state index contributed by atoms with van der Waals surface area (Å²) in [6.45, 7) is 0. The fraction of sp³-hybridized carbons (Fsp3) is 0.0227. The fourth-order valence-electron chi connectivity index (χ4n) is 16.0. The molecule has 2 heterocycles. The van der Waals surface area contributed by atoms with E-state index in [0.717, 1.165) is 99.5 Å². The van der Waals surface area contributed by atoms with Gasteiger partial charge in [-0.25, -0.2) is 0 Å². The summed E-state index contributed by atoms with van der Waals surface area (Å²) in [6, 6.07) is 125. The van der Waals surface area contributed by atoms with Gasteiger partial charge in [-0.2, -0.15) is 0 Å². The van der Waals surface area contributed by atoms with Crippen molar-refractivity contribution in [2.24, 2.45) is 0 Å². The zero-order valence-electron chi connectivity index (χ0n) is 50.0. The molecule has 0 N–H and O–H groups in total. The Labute approximate surface area is 532 Å². The molecule has 19 rings (SSSR count). The molecule has 0 saturated heterocycles. The molecular weight excluding hydrogens is 1120 g/mol. The van der Waals surface area contributed by atoms with Gasteiger partial charge in [0.25, 0.3) is 0 Å². The predicted octanol–water partition coefficient (Wildman–Crippen LogP) is 23.5. The van der Waals surface area contributed by atoms with Crippen molar-refractivity contribution in [3.8, 4) is 22.3 Å². The normalized spacial score (nSPS) is 13.4. The molecule has 430 valence electrons. The van der Waals surface area contributed by atoms with Crippen LogP contribution in [0.4, 0.5) is 34.1 Å². The summed E-state index contributed by atoms with van der Waals surface area (Å²) in [5, 5.41) is 9.00. The van der Waals surface area contributed by atoms with Crippen LogP contribution in [0.5, 0.6) is 0 Å². The highest BCUT2D eigenvalue weighted by Gasteiger charge is 2.52. The predicted molar refractivity (Wildman–Crippen MR) is 380 cm³/mol. The number of para-hydroxylation sites is 6. The van der Waals surface area contributed by atoms with E-state index in [-0.39, 0.29) is 0 Å². The Morgan fingerprint density at radius 1 is 0.217 bits per heavy atom. The quantitative estimate of drug-likeness (QED) is 0.137. The number of nitrogens with zero attached hydrogens (tertiary/aromatic N) is 2. The van der Waals surface area contributed by atoms with Crippen molar-refractivity contribution >= 4 is 99.5 Å². The molecule has 4 heteroatoms. The number of rotatable bonds is 10. The Kier molecular flexibility index (Phi) is 11.5. The maximum atomic E-state index is 6.78. The van der Waals surface area contributed by atoms with E-state index in [1.807, 2.05) is 12.1 Å².